The monoisotopic (exact) mass is 442 g/mol. The molecule has 1 aliphatic carbocycles. The molecule has 0 radical (unpaired) electrons. The quantitative estimate of drug-likeness (QED) is 0.544. The van der Waals surface area contributed by atoms with Crippen LogP contribution in [0.15, 0.2) is 62.1 Å². The van der Waals surface area contributed by atoms with Gasteiger partial charge in [-0.3, -0.25) is 9.36 Å². The highest BCUT2D eigenvalue weighted by Crippen LogP contribution is 2.37. The normalized spacial score (nSPS) is 19.6. The van der Waals surface area contributed by atoms with Crippen molar-refractivity contribution in [2.75, 3.05) is 0 Å². The zero-order valence-corrected chi connectivity index (χ0v) is 18.1. The molecule has 1 fully saturated rings. The van der Waals surface area contributed by atoms with Crippen LogP contribution in [0.25, 0.3) is 11.2 Å². The maximum Gasteiger partial charge on any atom is 0.437 e. The van der Waals surface area contributed by atoms with Crippen molar-refractivity contribution in [2.24, 2.45) is 13.0 Å². The van der Waals surface area contributed by atoms with Crippen molar-refractivity contribution in [3.05, 3.63) is 74.9 Å². The van der Waals surface area contributed by atoms with Gasteiger partial charge in [-0.25, -0.2) is 14.8 Å². The minimum Gasteiger partial charge on any atom is -0.390 e. The van der Waals surface area contributed by atoms with Gasteiger partial charge >= 0.3 is 5.76 Å². The first-order valence-corrected chi connectivity index (χ1v) is 10.4. The fraction of sp³-hybridized carbons (Fsp3) is 0.381. The second kappa shape index (κ2) is 8.50. The third kappa shape index (κ3) is 4.18. The second-order valence-electron chi connectivity index (χ2n) is 7.66. The zero-order chi connectivity index (χ0) is 22.1. The largest absolute Gasteiger partial charge is 0.437 e. The maximum atomic E-state index is 12.7. The van der Waals surface area contributed by atoms with E-state index < -0.39 is 5.76 Å². The smallest absolute Gasteiger partial charge is 0.390 e. The molecule has 3 aromatic heterocycles. The Labute approximate surface area is 183 Å². The number of hydrogen-bond donors (Lipinski definition) is 0. The fourth-order valence-electron chi connectivity index (χ4n) is 3.89. The molecule has 1 saturated carbocycles. The SMILES string of the molecule is C=C(/C=C\C(Cl)=C/C)[C@@H]1CC[C@@H](n2nc(Cn3cnc4ncn(C)c4c3=O)oc2=O)C1. The van der Waals surface area contributed by atoms with Crippen molar-refractivity contribution in [1.82, 2.24) is 28.9 Å². The Morgan fingerprint density at radius 2 is 2.06 bits per heavy atom. The van der Waals surface area contributed by atoms with E-state index in [9.17, 15) is 9.59 Å². The van der Waals surface area contributed by atoms with Gasteiger partial charge in [0.2, 0.25) is 5.89 Å². The lowest BCUT2D eigenvalue weighted by atomic mass is 9.98. The van der Waals surface area contributed by atoms with Crippen LogP contribution in [0.5, 0.6) is 0 Å². The molecule has 0 amide bonds. The minimum absolute atomic E-state index is 0.0165. The predicted octanol–water partition coefficient (Wildman–Crippen LogP) is 2.92. The number of halogens is 1. The average Bonchev–Trinajstić information content (AvgIpc) is 3.47. The number of hydrogen-bond acceptors (Lipinski definition) is 6. The summed E-state index contributed by atoms with van der Waals surface area (Å²) in [5, 5.41) is 5.00. The van der Waals surface area contributed by atoms with Crippen LogP contribution in [-0.2, 0) is 13.6 Å². The van der Waals surface area contributed by atoms with Crippen molar-refractivity contribution in [1.29, 1.82) is 0 Å². The van der Waals surface area contributed by atoms with E-state index in [1.807, 2.05) is 25.2 Å². The topological polar surface area (TPSA) is 101 Å². The average molecular weight is 443 g/mol. The predicted molar refractivity (Wildman–Crippen MR) is 117 cm³/mol. The highest BCUT2D eigenvalue weighted by atomic mass is 35.5. The molecule has 0 saturated heterocycles. The lowest BCUT2D eigenvalue weighted by Crippen LogP contribution is -2.23. The van der Waals surface area contributed by atoms with Crippen LogP contribution >= 0.6 is 11.6 Å². The highest BCUT2D eigenvalue weighted by Gasteiger charge is 2.30. The molecule has 3 aromatic rings. The van der Waals surface area contributed by atoms with Crippen LogP contribution in [0.1, 0.15) is 38.1 Å². The van der Waals surface area contributed by atoms with E-state index in [-0.39, 0.29) is 30.0 Å². The molecule has 1 aliphatic rings. The lowest BCUT2D eigenvalue weighted by Gasteiger charge is -2.10. The van der Waals surface area contributed by atoms with Gasteiger partial charge in [-0.2, -0.15) is 4.68 Å². The summed E-state index contributed by atoms with van der Waals surface area (Å²) < 4.78 is 9.67. The minimum atomic E-state index is -0.526. The molecule has 0 unspecified atom stereocenters. The molecule has 10 heteroatoms. The van der Waals surface area contributed by atoms with Gasteiger partial charge < -0.3 is 8.98 Å². The summed E-state index contributed by atoms with van der Waals surface area (Å²) in [6, 6.07) is -0.0771. The van der Waals surface area contributed by atoms with E-state index in [4.69, 9.17) is 16.0 Å². The van der Waals surface area contributed by atoms with Crippen LogP contribution in [-0.4, -0.2) is 28.9 Å². The van der Waals surface area contributed by atoms with Gasteiger partial charge in [0, 0.05) is 12.1 Å². The first kappa shape index (κ1) is 21.0. The Hall–Kier alpha value is -3.20. The van der Waals surface area contributed by atoms with E-state index in [1.54, 1.807) is 11.6 Å². The van der Waals surface area contributed by atoms with Gasteiger partial charge in [0.25, 0.3) is 5.56 Å². The van der Waals surface area contributed by atoms with Crippen LogP contribution < -0.4 is 11.3 Å². The molecular formula is C21H23ClN6O3. The molecule has 2 atom stereocenters. The summed E-state index contributed by atoms with van der Waals surface area (Å²) in [4.78, 5) is 33.4. The molecule has 3 heterocycles. The summed E-state index contributed by atoms with van der Waals surface area (Å²) in [5.74, 6) is -0.118. The molecule has 4 rings (SSSR count). The summed E-state index contributed by atoms with van der Waals surface area (Å²) in [6.45, 7) is 6.02. The van der Waals surface area contributed by atoms with E-state index in [1.165, 1.54) is 21.9 Å². The van der Waals surface area contributed by atoms with Crippen LogP contribution in [0, 0.1) is 5.92 Å². The first-order valence-electron chi connectivity index (χ1n) is 10.0. The Morgan fingerprint density at radius 3 is 2.84 bits per heavy atom. The molecule has 0 N–H and O–H groups in total. The van der Waals surface area contributed by atoms with E-state index >= 15 is 0 Å². The number of imidazole rings is 1. The van der Waals surface area contributed by atoms with Crippen molar-refractivity contribution < 1.29 is 4.42 Å². The zero-order valence-electron chi connectivity index (χ0n) is 17.4. The Kier molecular flexibility index (Phi) is 5.77. The van der Waals surface area contributed by atoms with Crippen molar-refractivity contribution in [2.45, 2.75) is 38.8 Å². The molecule has 31 heavy (non-hydrogen) atoms. The third-order valence-corrected chi connectivity index (χ3v) is 5.97. The number of nitrogens with zero attached hydrogens (tertiary/aromatic N) is 6. The summed E-state index contributed by atoms with van der Waals surface area (Å²) in [6.07, 6.45) is 10.9. The number of aromatic nitrogens is 6. The van der Waals surface area contributed by atoms with Crippen LogP contribution in [0.4, 0.5) is 0 Å². The van der Waals surface area contributed by atoms with Crippen molar-refractivity contribution in [3.63, 3.8) is 0 Å². The van der Waals surface area contributed by atoms with Gasteiger partial charge in [-0.15, -0.1) is 5.10 Å². The molecule has 0 aromatic carbocycles. The number of allylic oxidation sites excluding steroid dienone is 5. The Bertz CT molecular complexity index is 1310. The number of rotatable bonds is 6. The summed E-state index contributed by atoms with van der Waals surface area (Å²) >= 11 is 6.01. The maximum absolute atomic E-state index is 12.7. The second-order valence-corrected chi connectivity index (χ2v) is 8.09. The molecule has 9 nitrogen and oxygen atoms in total. The van der Waals surface area contributed by atoms with Crippen molar-refractivity contribution >= 4 is 22.8 Å². The third-order valence-electron chi connectivity index (χ3n) is 5.63. The van der Waals surface area contributed by atoms with Gasteiger partial charge in [-0.1, -0.05) is 35.9 Å². The molecule has 0 aliphatic heterocycles. The number of fused-ring (bicyclic) bond motifs is 1. The molecule has 162 valence electrons. The standard InChI is InChI=1S/C21H23ClN6O3/c1-4-15(22)7-5-13(2)14-6-8-16(9-14)28-21(30)31-17(25-28)10-27-12-24-19-18(20(27)29)26(3)11-23-19/h4-5,7,11-12,14,16H,2,6,8-10H2,1,3H3/b7-5-,15-4+/t14-,16-/m1/s1. The molecule has 0 bridgehead atoms. The lowest BCUT2D eigenvalue weighted by molar-refractivity contribution is 0.399. The van der Waals surface area contributed by atoms with Gasteiger partial charge in [0.15, 0.2) is 11.2 Å². The summed E-state index contributed by atoms with van der Waals surface area (Å²) in [5.41, 5.74) is 1.46. The van der Waals surface area contributed by atoms with Crippen LogP contribution in [0.3, 0.4) is 0 Å². The Balaban J connectivity index is 1.50. The fourth-order valence-corrected chi connectivity index (χ4v) is 3.95. The Morgan fingerprint density at radius 1 is 1.29 bits per heavy atom. The van der Waals surface area contributed by atoms with E-state index in [2.05, 4.69) is 21.6 Å². The molecule has 0 spiro atoms. The van der Waals surface area contributed by atoms with Gasteiger partial charge in [-0.05, 0) is 38.2 Å². The van der Waals surface area contributed by atoms with Gasteiger partial charge in [0.1, 0.15) is 12.9 Å². The number of aryl methyl sites for hydroxylation is 1. The van der Waals surface area contributed by atoms with E-state index in [0.717, 1.165) is 24.8 Å². The van der Waals surface area contributed by atoms with Crippen LogP contribution in [0.2, 0.25) is 0 Å². The first-order chi connectivity index (χ1) is 14.9. The highest BCUT2D eigenvalue weighted by molar-refractivity contribution is 6.31. The molecular weight excluding hydrogens is 420 g/mol. The van der Waals surface area contributed by atoms with Gasteiger partial charge in [0.05, 0.1) is 12.4 Å². The van der Waals surface area contributed by atoms with E-state index in [0.29, 0.717) is 16.2 Å². The summed E-state index contributed by atoms with van der Waals surface area (Å²) in [7, 11) is 1.73. The van der Waals surface area contributed by atoms with Crippen molar-refractivity contribution in [3.8, 4) is 0 Å².